The van der Waals surface area contributed by atoms with Crippen LogP contribution in [0.1, 0.15) is 11.1 Å². The number of nitrogens with one attached hydrogen (secondary N) is 1. The summed E-state index contributed by atoms with van der Waals surface area (Å²) in [4.78, 5) is 0.878. The van der Waals surface area contributed by atoms with Gasteiger partial charge in [-0.25, -0.2) is 0 Å². The van der Waals surface area contributed by atoms with E-state index in [1.165, 1.54) is 11.1 Å². The summed E-state index contributed by atoms with van der Waals surface area (Å²) < 4.78 is 1.13. The SMILES string of the molecule is S=C1NCCc2cc(Br)ccc21. The molecular weight excluding hydrogens is 234 g/mol. The lowest BCUT2D eigenvalue weighted by atomic mass is 10.0. The number of halogens is 1. The zero-order chi connectivity index (χ0) is 8.55. The van der Waals surface area contributed by atoms with E-state index in [0.717, 1.165) is 22.4 Å². The summed E-state index contributed by atoms with van der Waals surface area (Å²) in [5, 5.41) is 3.17. The fourth-order valence-electron chi connectivity index (χ4n) is 1.40. The number of benzene rings is 1. The second kappa shape index (κ2) is 3.15. The van der Waals surface area contributed by atoms with Crippen molar-refractivity contribution in [1.29, 1.82) is 0 Å². The highest BCUT2D eigenvalue weighted by atomic mass is 79.9. The second-order valence-electron chi connectivity index (χ2n) is 2.81. The zero-order valence-corrected chi connectivity index (χ0v) is 8.83. The number of fused-ring (bicyclic) bond motifs is 1. The van der Waals surface area contributed by atoms with Gasteiger partial charge in [0.05, 0.1) is 0 Å². The lowest BCUT2D eigenvalue weighted by molar-refractivity contribution is 0.847. The summed E-state index contributed by atoms with van der Waals surface area (Å²) in [7, 11) is 0. The van der Waals surface area contributed by atoms with Gasteiger partial charge in [0.2, 0.25) is 0 Å². The predicted octanol–water partition coefficient (Wildman–Crippen LogP) is 2.27. The average Bonchev–Trinajstić information content (AvgIpc) is 2.04. The highest BCUT2D eigenvalue weighted by Gasteiger charge is 2.12. The first-order valence-electron chi connectivity index (χ1n) is 3.84. The van der Waals surface area contributed by atoms with Crippen molar-refractivity contribution in [1.82, 2.24) is 5.32 Å². The van der Waals surface area contributed by atoms with E-state index in [1.807, 2.05) is 6.07 Å². The molecule has 1 aromatic carbocycles. The Bertz CT molecular complexity index is 335. The monoisotopic (exact) mass is 241 g/mol. The Hall–Kier alpha value is -0.410. The number of hydrogen-bond donors (Lipinski definition) is 1. The van der Waals surface area contributed by atoms with Gasteiger partial charge in [-0.2, -0.15) is 0 Å². The Labute approximate surface area is 85.3 Å². The Balaban J connectivity index is 2.53. The van der Waals surface area contributed by atoms with Crippen molar-refractivity contribution in [2.45, 2.75) is 6.42 Å². The van der Waals surface area contributed by atoms with Gasteiger partial charge < -0.3 is 5.32 Å². The number of hydrogen-bond acceptors (Lipinski definition) is 1. The van der Waals surface area contributed by atoms with Crippen molar-refractivity contribution in [3.63, 3.8) is 0 Å². The quantitative estimate of drug-likeness (QED) is 0.700. The van der Waals surface area contributed by atoms with Gasteiger partial charge in [-0.05, 0) is 24.1 Å². The molecule has 0 spiro atoms. The van der Waals surface area contributed by atoms with Crippen molar-refractivity contribution in [3.8, 4) is 0 Å². The van der Waals surface area contributed by atoms with Crippen molar-refractivity contribution in [3.05, 3.63) is 33.8 Å². The molecule has 1 aliphatic heterocycles. The third-order valence-corrected chi connectivity index (χ3v) is 2.85. The summed E-state index contributed by atoms with van der Waals surface area (Å²) in [6.07, 6.45) is 1.06. The van der Waals surface area contributed by atoms with Crippen molar-refractivity contribution >= 4 is 33.1 Å². The predicted molar refractivity (Wildman–Crippen MR) is 57.5 cm³/mol. The first-order valence-corrected chi connectivity index (χ1v) is 5.04. The minimum atomic E-state index is 0.878. The topological polar surface area (TPSA) is 12.0 Å². The molecule has 0 fully saturated rings. The normalized spacial score (nSPS) is 15.2. The number of rotatable bonds is 0. The molecule has 0 aliphatic carbocycles. The Kier molecular flexibility index (Phi) is 2.15. The fourth-order valence-corrected chi connectivity index (χ4v) is 2.11. The fraction of sp³-hybridized carbons (Fsp3) is 0.222. The summed E-state index contributed by atoms with van der Waals surface area (Å²) >= 11 is 8.62. The van der Waals surface area contributed by atoms with E-state index in [-0.39, 0.29) is 0 Å². The third kappa shape index (κ3) is 1.39. The molecule has 0 amide bonds. The largest absolute Gasteiger partial charge is 0.375 e. The standard InChI is InChI=1S/C9H8BrNS/c10-7-1-2-8-6(5-7)3-4-11-9(8)12/h1-2,5H,3-4H2,(H,11,12). The number of thiocarbonyl (C=S) groups is 1. The van der Waals surface area contributed by atoms with Crippen molar-refractivity contribution in [2.75, 3.05) is 6.54 Å². The second-order valence-corrected chi connectivity index (χ2v) is 4.13. The van der Waals surface area contributed by atoms with Crippen LogP contribution in [0, 0.1) is 0 Å². The smallest absolute Gasteiger partial charge is 0.106 e. The molecule has 0 atom stereocenters. The molecule has 0 radical (unpaired) electrons. The lowest BCUT2D eigenvalue weighted by Crippen LogP contribution is -2.30. The van der Waals surface area contributed by atoms with Crippen LogP contribution in [0.4, 0.5) is 0 Å². The molecule has 12 heavy (non-hydrogen) atoms. The van der Waals surface area contributed by atoms with E-state index in [9.17, 15) is 0 Å². The van der Waals surface area contributed by atoms with E-state index in [4.69, 9.17) is 12.2 Å². The summed E-state index contributed by atoms with van der Waals surface area (Å²) in [6, 6.07) is 6.23. The highest BCUT2D eigenvalue weighted by molar-refractivity contribution is 9.10. The van der Waals surface area contributed by atoms with Crippen LogP contribution in [0.15, 0.2) is 22.7 Å². The van der Waals surface area contributed by atoms with Crippen molar-refractivity contribution in [2.24, 2.45) is 0 Å². The molecule has 0 aromatic heterocycles. The van der Waals surface area contributed by atoms with E-state index in [2.05, 4.69) is 33.4 Å². The third-order valence-electron chi connectivity index (χ3n) is 1.99. The molecule has 3 heteroatoms. The van der Waals surface area contributed by atoms with E-state index >= 15 is 0 Å². The first kappa shape index (κ1) is 8.20. The van der Waals surface area contributed by atoms with Crippen LogP contribution < -0.4 is 5.32 Å². The van der Waals surface area contributed by atoms with E-state index in [1.54, 1.807) is 0 Å². The van der Waals surface area contributed by atoms with Gasteiger partial charge in [-0.3, -0.25) is 0 Å². The molecule has 1 nitrogen and oxygen atoms in total. The van der Waals surface area contributed by atoms with Gasteiger partial charge >= 0.3 is 0 Å². The van der Waals surface area contributed by atoms with Crippen LogP contribution >= 0.6 is 28.1 Å². The molecule has 1 N–H and O–H groups in total. The van der Waals surface area contributed by atoms with Gasteiger partial charge in [0.1, 0.15) is 4.99 Å². The van der Waals surface area contributed by atoms with Crippen LogP contribution in [0.2, 0.25) is 0 Å². The minimum Gasteiger partial charge on any atom is -0.375 e. The maximum absolute atomic E-state index is 5.18. The van der Waals surface area contributed by atoms with Crippen molar-refractivity contribution < 1.29 is 0 Å². The van der Waals surface area contributed by atoms with E-state index in [0.29, 0.717) is 0 Å². The summed E-state index contributed by atoms with van der Waals surface area (Å²) in [5.74, 6) is 0. The highest BCUT2D eigenvalue weighted by Crippen LogP contribution is 2.19. The van der Waals surface area contributed by atoms with Gasteiger partial charge in [-0.1, -0.05) is 34.2 Å². The molecule has 1 heterocycles. The van der Waals surface area contributed by atoms with Gasteiger partial charge in [0.25, 0.3) is 0 Å². The van der Waals surface area contributed by atoms with Gasteiger partial charge in [-0.15, -0.1) is 0 Å². The first-order chi connectivity index (χ1) is 5.77. The molecule has 0 unspecified atom stereocenters. The minimum absolute atomic E-state index is 0.878. The van der Waals surface area contributed by atoms with Crippen LogP contribution in [-0.4, -0.2) is 11.5 Å². The maximum Gasteiger partial charge on any atom is 0.106 e. The van der Waals surface area contributed by atoms with Gasteiger partial charge in [0.15, 0.2) is 0 Å². The lowest BCUT2D eigenvalue weighted by Gasteiger charge is -2.18. The molecule has 1 aromatic rings. The maximum atomic E-state index is 5.18. The molecule has 62 valence electrons. The molecule has 2 rings (SSSR count). The Morgan fingerprint density at radius 2 is 2.25 bits per heavy atom. The van der Waals surface area contributed by atoms with Crippen LogP contribution in [0.3, 0.4) is 0 Å². The van der Waals surface area contributed by atoms with Crippen LogP contribution in [0.5, 0.6) is 0 Å². The zero-order valence-electron chi connectivity index (χ0n) is 6.43. The molecule has 0 saturated heterocycles. The Morgan fingerprint density at radius 1 is 1.42 bits per heavy atom. The molecular formula is C9H8BrNS. The van der Waals surface area contributed by atoms with Gasteiger partial charge in [0, 0.05) is 16.6 Å². The summed E-state index contributed by atoms with van der Waals surface area (Å²) in [6.45, 7) is 0.961. The van der Waals surface area contributed by atoms with Crippen LogP contribution in [0.25, 0.3) is 0 Å². The van der Waals surface area contributed by atoms with E-state index < -0.39 is 0 Å². The van der Waals surface area contributed by atoms with Crippen LogP contribution in [-0.2, 0) is 6.42 Å². The molecule has 0 bridgehead atoms. The average molecular weight is 242 g/mol. The molecule has 0 saturated carbocycles. The Morgan fingerprint density at radius 3 is 3.08 bits per heavy atom. The summed E-state index contributed by atoms with van der Waals surface area (Å²) in [5.41, 5.74) is 2.52. The molecule has 1 aliphatic rings.